The Labute approximate surface area is 151 Å². The molecule has 4 nitrogen and oxygen atoms in total. The number of aromatic nitrogens is 1. The number of carbonyl (C=O) groups is 2. The highest BCUT2D eigenvalue weighted by atomic mass is 32.1. The van der Waals surface area contributed by atoms with Gasteiger partial charge in [0.25, 0.3) is 5.91 Å². The number of carbonyl (C=O) groups excluding carboxylic acids is 2. The van der Waals surface area contributed by atoms with Crippen LogP contribution in [0.15, 0.2) is 47.9 Å². The first-order valence-electron chi connectivity index (χ1n) is 7.33. The lowest BCUT2D eigenvalue weighted by molar-refractivity contribution is 0.102. The number of allylic oxidation sites excluding steroid dienone is 1. The van der Waals surface area contributed by atoms with E-state index in [1.165, 1.54) is 30.3 Å². The molecule has 0 bridgehead atoms. The third-order valence-corrected chi connectivity index (χ3v) is 5.21. The standard InChI is InChI=1S/C18H13FN2O2S2/c1-11-16(15(22)9-8-14-3-2-10-24-14)25-18(20-11)21-17(23)12-4-6-13(19)7-5-12/h2-10H,1H3,(H,20,21,23)/b9-8+. The fourth-order valence-electron chi connectivity index (χ4n) is 2.07. The van der Waals surface area contributed by atoms with Gasteiger partial charge >= 0.3 is 0 Å². The summed E-state index contributed by atoms with van der Waals surface area (Å²) in [6, 6.07) is 9.04. The molecule has 3 rings (SSSR count). The molecule has 126 valence electrons. The number of ketones is 1. The van der Waals surface area contributed by atoms with Crippen LogP contribution in [0, 0.1) is 12.7 Å². The van der Waals surface area contributed by atoms with E-state index in [9.17, 15) is 14.0 Å². The number of hydrogen-bond donors (Lipinski definition) is 1. The van der Waals surface area contributed by atoms with E-state index < -0.39 is 11.7 Å². The van der Waals surface area contributed by atoms with Gasteiger partial charge in [0, 0.05) is 10.4 Å². The largest absolute Gasteiger partial charge is 0.298 e. The summed E-state index contributed by atoms with van der Waals surface area (Å²) in [6.07, 6.45) is 3.25. The number of rotatable bonds is 5. The SMILES string of the molecule is Cc1nc(NC(=O)c2ccc(F)cc2)sc1C(=O)/C=C/c1cccs1. The van der Waals surface area contributed by atoms with Crippen LogP contribution in [0.3, 0.4) is 0 Å². The normalized spacial score (nSPS) is 11.0. The maximum Gasteiger partial charge on any atom is 0.257 e. The molecule has 0 atom stereocenters. The first kappa shape index (κ1) is 17.2. The second kappa shape index (κ2) is 7.50. The van der Waals surface area contributed by atoms with Gasteiger partial charge in [-0.05, 0) is 54.8 Å². The third kappa shape index (κ3) is 4.26. The lowest BCUT2D eigenvalue weighted by Gasteiger charge is -2.00. The van der Waals surface area contributed by atoms with E-state index >= 15 is 0 Å². The Morgan fingerprint density at radius 1 is 1.20 bits per heavy atom. The monoisotopic (exact) mass is 372 g/mol. The Hall–Kier alpha value is -2.64. The summed E-state index contributed by atoms with van der Waals surface area (Å²) in [5.41, 5.74) is 0.875. The van der Waals surface area contributed by atoms with Crippen LogP contribution >= 0.6 is 22.7 Å². The van der Waals surface area contributed by atoms with Crippen LogP contribution in [0.4, 0.5) is 9.52 Å². The molecule has 2 aromatic heterocycles. The maximum atomic E-state index is 12.9. The van der Waals surface area contributed by atoms with Gasteiger partial charge in [-0.3, -0.25) is 14.9 Å². The second-order valence-corrected chi connectivity index (χ2v) is 7.09. The van der Waals surface area contributed by atoms with Crippen molar-refractivity contribution < 1.29 is 14.0 Å². The van der Waals surface area contributed by atoms with Crippen molar-refractivity contribution in [3.8, 4) is 0 Å². The van der Waals surface area contributed by atoms with Crippen LogP contribution in [0.2, 0.25) is 0 Å². The summed E-state index contributed by atoms with van der Waals surface area (Å²) < 4.78 is 12.9. The van der Waals surface area contributed by atoms with E-state index in [1.54, 1.807) is 24.3 Å². The smallest absolute Gasteiger partial charge is 0.257 e. The van der Waals surface area contributed by atoms with E-state index in [0.717, 1.165) is 16.2 Å². The molecule has 0 unspecified atom stereocenters. The van der Waals surface area contributed by atoms with Crippen molar-refractivity contribution in [1.29, 1.82) is 0 Å². The highest BCUT2D eigenvalue weighted by molar-refractivity contribution is 7.18. The van der Waals surface area contributed by atoms with Crippen molar-refractivity contribution in [3.63, 3.8) is 0 Å². The molecule has 25 heavy (non-hydrogen) atoms. The zero-order valence-corrected chi connectivity index (χ0v) is 14.8. The highest BCUT2D eigenvalue weighted by Crippen LogP contribution is 2.24. The van der Waals surface area contributed by atoms with E-state index in [4.69, 9.17) is 0 Å². The number of nitrogens with one attached hydrogen (secondary N) is 1. The third-order valence-electron chi connectivity index (χ3n) is 3.29. The number of aryl methyl sites for hydroxylation is 1. The molecule has 0 aliphatic rings. The van der Waals surface area contributed by atoms with Gasteiger partial charge in [0.2, 0.25) is 0 Å². The summed E-state index contributed by atoms with van der Waals surface area (Å²) in [4.78, 5) is 30.1. The number of hydrogen-bond acceptors (Lipinski definition) is 5. The molecule has 1 amide bonds. The van der Waals surface area contributed by atoms with Gasteiger partial charge in [0.05, 0.1) is 10.6 Å². The zero-order valence-electron chi connectivity index (χ0n) is 13.2. The van der Waals surface area contributed by atoms with Gasteiger partial charge < -0.3 is 0 Å². The van der Waals surface area contributed by atoms with Crippen molar-refractivity contribution in [2.45, 2.75) is 6.92 Å². The predicted octanol–water partition coefficient (Wildman–Crippen LogP) is 4.80. The van der Waals surface area contributed by atoms with Gasteiger partial charge in [0.1, 0.15) is 5.82 Å². The first-order valence-corrected chi connectivity index (χ1v) is 9.03. The van der Waals surface area contributed by atoms with E-state index in [1.807, 2.05) is 17.5 Å². The number of benzene rings is 1. The molecular formula is C18H13FN2O2S2. The minimum absolute atomic E-state index is 0.161. The first-order chi connectivity index (χ1) is 12.0. The second-order valence-electron chi connectivity index (χ2n) is 5.11. The predicted molar refractivity (Wildman–Crippen MR) is 98.9 cm³/mol. The molecule has 1 aromatic carbocycles. The van der Waals surface area contributed by atoms with Gasteiger partial charge in [-0.15, -0.1) is 11.3 Å². The van der Waals surface area contributed by atoms with Crippen LogP contribution in [-0.4, -0.2) is 16.7 Å². The van der Waals surface area contributed by atoms with Crippen LogP contribution in [0.25, 0.3) is 6.08 Å². The highest BCUT2D eigenvalue weighted by Gasteiger charge is 2.15. The quantitative estimate of drug-likeness (QED) is 0.517. The Bertz CT molecular complexity index is 929. The summed E-state index contributed by atoms with van der Waals surface area (Å²) in [6.45, 7) is 1.72. The van der Waals surface area contributed by atoms with Crippen LogP contribution in [0.1, 0.15) is 30.6 Å². The molecular weight excluding hydrogens is 359 g/mol. The van der Waals surface area contributed by atoms with Crippen molar-refractivity contribution in [2.24, 2.45) is 0 Å². The molecule has 3 aromatic rings. The molecule has 0 saturated carbocycles. The number of amides is 1. The maximum absolute atomic E-state index is 12.9. The Morgan fingerprint density at radius 3 is 2.64 bits per heavy atom. The molecule has 2 heterocycles. The number of anilines is 1. The Morgan fingerprint density at radius 2 is 1.96 bits per heavy atom. The molecule has 0 saturated heterocycles. The average Bonchev–Trinajstić information content (AvgIpc) is 3.23. The topological polar surface area (TPSA) is 59.1 Å². The zero-order chi connectivity index (χ0) is 17.8. The van der Waals surface area contributed by atoms with Crippen LogP contribution in [0.5, 0.6) is 0 Å². The molecule has 0 aliphatic carbocycles. The molecule has 0 spiro atoms. The lowest BCUT2D eigenvalue weighted by atomic mass is 10.2. The minimum atomic E-state index is -0.410. The molecule has 7 heteroatoms. The van der Waals surface area contributed by atoms with Crippen molar-refractivity contribution in [2.75, 3.05) is 5.32 Å². The molecule has 0 fully saturated rings. The number of thiazole rings is 1. The number of thiophene rings is 1. The molecule has 0 aliphatic heterocycles. The summed E-state index contributed by atoms with van der Waals surface area (Å²) in [7, 11) is 0. The minimum Gasteiger partial charge on any atom is -0.298 e. The van der Waals surface area contributed by atoms with E-state index in [0.29, 0.717) is 21.3 Å². The molecule has 1 N–H and O–H groups in total. The Kier molecular flexibility index (Phi) is 5.16. The van der Waals surface area contributed by atoms with Gasteiger partial charge in [-0.1, -0.05) is 17.4 Å². The van der Waals surface area contributed by atoms with E-state index in [-0.39, 0.29) is 5.78 Å². The van der Waals surface area contributed by atoms with Crippen LogP contribution < -0.4 is 5.32 Å². The molecule has 0 radical (unpaired) electrons. The van der Waals surface area contributed by atoms with Gasteiger partial charge in [-0.25, -0.2) is 9.37 Å². The average molecular weight is 372 g/mol. The van der Waals surface area contributed by atoms with Gasteiger partial charge in [0.15, 0.2) is 10.9 Å². The van der Waals surface area contributed by atoms with Crippen molar-refractivity contribution in [1.82, 2.24) is 4.98 Å². The Balaban J connectivity index is 1.72. The fraction of sp³-hybridized carbons (Fsp3) is 0.0556. The summed E-state index contributed by atoms with van der Waals surface area (Å²) >= 11 is 2.66. The number of nitrogens with zero attached hydrogens (tertiary/aromatic N) is 1. The van der Waals surface area contributed by atoms with E-state index in [2.05, 4.69) is 10.3 Å². The number of halogens is 1. The van der Waals surface area contributed by atoms with Crippen molar-refractivity contribution >= 4 is 45.6 Å². The summed E-state index contributed by atoms with van der Waals surface area (Å²) in [5, 5.41) is 4.90. The van der Waals surface area contributed by atoms with Crippen molar-refractivity contribution in [3.05, 3.63) is 74.7 Å². The fourth-order valence-corrected chi connectivity index (χ4v) is 3.57. The summed E-state index contributed by atoms with van der Waals surface area (Å²) in [5.74, 6) is -0.973. The van der Waals surface area contributed by atoms with Crippen LogP contribution in [-0.2, 0) is 0 Å². The lowest BCUT2D eigenvalue weighted by Crippen LogP contribution is -2.11. The van der Waals surface area contributed by atoms with Gasteiger partial charge in [-0.2, -0.15) is 0 Å².